The standard InChI is InChI=1S/C33H30F6S2/c1-5-19(2)11-12-22-13-15-24(16-14-22)28-18-26(21(4)41-28)30-29(31(34,35)33(38,39)32(30,36)37)25-17-27(40-20(25)3)23-9-7-6-8-10-23/h6-10,13-19H,5,11-12H2,1-4H3/t19-/m0/s1. The molecule has 0 N–H and O–H groups in total. The molecule has 0 spiro atoms. The Labute approximate surface area is 244 Å². The number of hydrogen-bond acceptors (Lipinski definition) is 2. The predicted molar refractivity (Wildman–Crippen MR) is 158 cm³/mol. The van der Waals surface area contributed by atoms with Crippen LogP contribution in [0, 0.1) is 19.8 Å². The second kappa shape index (κ2) is 10.8. The zero-order valence-corrected chi connectivity index (χ0v) is 24.8. The van der Waals surface area contributed by atoms with Crippen molar-refractivity contribution in [3.8, 4) is 20.9 Å². The number of aryl methyl sites for hydroxylation is 3. The molecule has 0 amide bonds. The van der Waals surface area contributed by atoms with Gasteiger partial charge in [0.25, 0.3) is 0 Å². The van der Waals surface area contributed by atoms with Crippen molar-refractivity contribution in [2.45, 2.75) is 64.7 Å². The van der Waals surface area contributed by atoms with Gasteiger partial charge in [-0.3, -0.25) is 0 Å². The van der Waals surface area contributed by atoms with Crippen LogP contribution in [0.1, 0.15) is 53.1 Å². The zero-order valence-electron chi connectivity index (χ0n) is 23.1. The van der Waals surface area contributed by atoms with Gasteiger partial charge in [0, 0.05) is 30.7 Å². The highest BCUT2D eigenvalue weighted by atomic mass is 32.1. The van der Waals surface area contributed by atoms with E-state index in [0.717, 1.165) is 53.1 Å². The lowest BCUT2D eigenvalue weighted by atomic mass is 9.94. The van der Waals surface area contributed by atoms with Crippen molar-refractivity contribution < 1.29 is 26.3 Å². The minimum atomic E-state index is -5.59. The summed E-state index contributed by atoms with van der Waals surface area (Å²) in [4.78, 5) is 1.64. The molecule has 0 aliphatic heterocycles. The molecule has 216 valence electrons. The van der Waals surface area contributed by atoms with Gasteiger partial charge in [0.15, 0.2) is 0 Å². The first-order chi connectivity index (χ1) is 19.3. The highest BCUT2D eigenvalue weighted by Crippen LogP contribution is 2.66. The van der Waals surface area contributed by atoms with Crippen LogP contribution in [-0.4, -0.2) is 17.8 Å². The lowest BCUT2D eigenvalue weighted by molar-refractivity contribution is -0.254. The van der Waals surface area contributed by atoms with Gasteiger partial charge in [-0.25, -0.2) is 0 Å². The molecule has 0 unspecified atom stereocenters. The molecule has 8 heteroatoms. The Morgan fingerprint density at radius 2 is 1.15 bits per heavy atom. The maximum Gasteiger partial charge on any atom is 0.380 e. The second-order valence-electron chi connectivity index (χ2n) is 10.7. The predicted octanol–water partition coefficient (Wildman–Crippen LogP) is 11.6. The van der Waals surface area contributed by atoms with E-state index in [9.17, 15) is 8.78 Å². The van der Waals surface area contributed by atoms with Crippen molar-refractivity contribution in [2.24, 2.45) is 5.92 Å². The van der Waals surface area contributed by atoms with E-state index in [2.05, 4.69) is 13.8 Å². The average Bonchev–Trinajstić information content (AvgIpc) is 3.54. The zero-order chi connectivity index (χ0) is 29.7. The molecule has 2 heterocycles. The summed E-state index contributed by atoms with van der Waals surface area (Å²) in [5.74, 6) is -15.1. The summed E-state index contributed by atoms with van der Waals surface area (Å²) >= 11 is 2.24. The first-order valence-corrected chi connectivity index (χ1v) is 15.2. The summed E-state index contributed by atoms with van der Waals surface area (Å²) < 4.78 is 91.9. The molecule has 41 heavy (non-hydrogen) atoms. The molecular formula is C33H30F6S2. The van der Waals surface area contributed by atoms with Crippen molar-refractivity contribution in [3.05, 3.63) is 93.2 Å². The first-order valence-electron chi connectivity index (χ1n) is 13.5. The molecule has 0 bridgehead atoms. The first kappa shape index (κ1) is 29.6. The van der Waals surface area contributed by atoms with E-state index in [-0.39, 0.29) is 20.9 Å². The smallest absolute Gasteiger partial charge is 0.194 e. The van der Waals surface area contributed by atoms with Crippen LogP contribution >= 0.6 is 22.7 Å². The minimum absolute atomic E-state index is 0.269. The second-order valence-corrected chi connectivity index (χ2v) is 13.3. The van der Waals surface area contributed by atoms with Crippen LogP contribution in [0.25, 0.3) is 32.0 Å². The van der Waals surface area contributed by atoms with Gasteiger partial charge < -0.3 is 0 Å². The fourth-order valence-corrected chi connectivity index (χ4v) is 7.30. The molecular weight excluding hydrogens is 574 g/mol. The van der Waals surface area contributed by atoms with Gasteiger partial charge in [0.1, 0.15) is 0 Å². The molecule has 1 atom stereocenters. The quantitative estimate of drug-likeness (QED) is 0.176. The third-order valence-electron chi connectivity index (χ3n) is 7.96. The number of rotatable bonds is 8. The fourth-order valence-electron chi connectivity index (χ4n) is 5.23. The third-order valence-corrected chi connectivity index (χ3v) is 10.2. The van der Waals surface area contributed by atoms with Crippen molar-refractivity contribution in [1.29, 1.82) is 0 Å². The Balaban J connectivity index is 1.62. The maximum atomic E-state index is 15.5. The van der Waals surface area contributed by atoms with E-state index in [1.807, 2.05) is 24.3 Å². The maximum absolute atomic E-state index is 15.5. The molecule has 4 aromatic rings. The molecule has 5 rings (SSSR count). The van der Waals surface area contributed by atoms with E-state index in [0.29, 0.717) is 21.2 Å². The molecule has 1 aliphatic rings. The number of halogens is 6. The normalized spacial score (nSPS) is 18.2. The number of hydrogen-bond donors (Lipinski definition) is 0. The summed E-state index contributed by atoms with van der Waals surface area (Å²) in [6.07, 6.45) is 3.04. The van der Waals surface area contributed by atoms with Crippen LogP contribution in [0.5, 0.6) is 0 Å². The van der Waals surface area contributed by atoms with Crippen LogP contribution < -0.4 is 0 Å². The third kappa shape index (κ3) is 4.97. The minimum Gasteiger partial charge on any atom is -0.194 e. The Kier molecular flexibility index (Phi) is 7.79. The number of allylic oxidation sites excluding steroid dienone is 2. The lowest BCUT2D eigenvalue weighted by Gasteiger charge is -2.25. The van der Waals surface area contributed by atoms with E-state index in [4.69, 9.17) is 0 Å². The molecule has 0 saturated carbocycles. The Morgan fingerprint density at radius 1 is 0.683 bits per heavy atom. The topological polar surface area (TPSA) is 0 Å². The average molecular weight is 605 g/mol. The van der Waals surface area contributed by atoms with Crippen molar-refractivity contribution >= 4 is 33.8 Å². The van der Waals surface area contributed by atoms with E-state index < -0.39 is 28.9 Å². The molecule has 0 fully saturated rings. The van der Waals surface area contributed by atoms with Gasteiger partial charge in [0.05, 0.1) is 0 Å². The van der Waals surface area contributed by atoms with Gasteiger partial charge >= 0.3 is 17.8 Å². The summed E-state index contributed by atoms with van der Waals surface area (Å²) in [6, 6.07) is 19.2. The Bertz CT molecular complexity index is 1580. The highest BCUT2D eigenvalue weighted by molar-refractivity contribution is 7.16. The Morgan fingerprint density at radius 3 is 1.61 bits per heavy atom. The highest BCUT2D eigenvalue weighted by Gasteiger charge is 2.80. The van der Waals surface area contributed by atoms with Gasteiger partial charge in [-0.1, -0.05) is 74.9 Å². The summed E-state index contributed by atoms with van der Waals surface area (Å²) in [5, 5.41) is 0. The number of thiophene rings is 2. The van der Waals surface area contributed by atoms with Crippen molar-refractivity contribution in [1.82, 2.24) is 0 Å². The molecule has 0 radical (unpaired) electrons. The van der Waals surface area contributed by atoms with Crippen LogP contribution in [0.2, 0.25) is 0 Å². The summed E-state index contributed by atoms with van der Waals surface area (Å²) in [7, 11) is 0. The van der Waals surface area contributed by atoms with E-state index in [1.165, 1.54) is 26.0 Å². The monoisotopic (exact) mass is 604 g/mol. The fraction of sp³-hybridized carbons (Fsp3) is 0.333. The summed E-state index contributed by atoms with van der Waals surface area (Å²) in [5.41, 5.74) is -0.587. The van der Waals surface area contributed by atoms with Gasteiger partial charge in [-0.05, 0) is 72.6 Å². The molecule has 0 saturated heterocycles. The van der Waals surface area contributed by atoms with Crippen molar-refractivity contribution in [3.63, 3.8) is 0 Å². The van der Waals surface area contributed by atoms with Gasteiger partial charge in [-0.15, -0.1) is 22.7 Å². The van der Waals surface area contributed by atoms with Gasteiger partial charge in [-0.2, -0.15) is 26.3 Å². The summed E-state index contributed by atoms with van der Waals surface area (Å²) in [6.45, 7) is 7.34. The SMILES string of the molecule is CC[C@H](C)CCc1ccc(-c2cc(C3=C(c4cc(-c5ccccc5)sc4C)C(F)(F)C(F)(F)C3(F)F)c(C)s2)cc1. The molecule has 2 aromatic heterocycles. The molecule has 2 aromatic carbocycles. The largest absolute Gasteiger partial charge is 0.380 e. The molecule has 0 nitrogen and oxygen atoms in total. The van der Waals surface area contributed by atoms with Crippen molar-refractivity contribution in [2.75, 3.05) is 0 Å². The lowest BCUT2D eigenvalue weighted by Crippen LogP contribution is -2.48. The van der Waals surface area contributed by atoms with E-state index in [1.54, 1.807) is 30.3 Å². The van der Waals surface area contributed by atoms with Crippen LogP contribution in [0.15, 0.2) is 66.7 Å². The van der Waals surface area contributed by atoms with E-state index >= 15 is 17.6 Å². The van der Waals surface area contributed by atoms with Crippen LogP contribution in [0.3, 0.4) is 0 Å². The Hall–Kier alpha value is -2.84. The number of alkyl halides is 6. The molecule has 1 aliphatic carbocycles. The van der Waals surface area contributed by atoms with Crippen LogP contribution in [-0.2, 0) is 6.42 Å². The van der Waals surface area contributed by atoms with Crippen LogP contribution in [0.4, 0.5) is 26.3 Å². The van der Waals surface area contributed by atoms with Gasteiger partial charge in [0.2, 0.25) is 0 Å². The number of benzene rings is 2.